The second-order valence-electron chi connectivity index (χ2n) is 9.14. The summed E-state index contributed by atoms with van der Waals surface area (Å²) in [4.78, 5) is 10.1. The molecule has 0 spiro atoms. The Morgan fingerprint density at radius 3 is 2.13 bits per heavy atom. The fourth-order valence-electron chi connectivity index (χ4n) is 5.43. The molecule has 0 amide bonds. The molecule has 1 N–H and O–H groups in total. The van der Waals surface area contributed by atoms with Gasteiger partial charge in [0.1, 0.15) is 16.7 Å². The van der Waals surface area contributed by atoms with Crippen molar-refractivity contribution in [3.63, 3.8) is 0 Å². The number of pyridine rings is 2. The maximum Gasteiger partial charge on any atom is 0.146 e. The van der Waals surface area contributed by atoms with Crippen LogP contribution in [0.5, 0.6) is 0 Å². The van der Waals surface area contributed by atoms with Crippen LogP contribution in [0.1, 0.15) is 13.8 Å². The van der Waals surface area contributed by atoms with Crippen molar-refractivity contribution in [2.75, 3.05) is 0 Å². The van der Waals surface area contributed by atoms with E-state index in [9.17, 15) is 0 Å². The van der Waals surface area contributed by atoms with Gasteiger partial charge < -0.3 is 4.57 Å². The van der Waals surface area contributed by atoms with Gasteiger partial charge >= 0.3 is 0 Å². The minimum atomic E-state index is 0.890. The van der Waals surface area contributed by atoms with Crippen LogP contribution in [0.25, 0.3) is 66.6 Å². The summed E-state index contributed by atoms with van der Waals surface area (Å²) in [6.45, 7) is 4.00. The lowest BCUT2D eigenvalue weighted by molar-refractivity contribution is 1.09. The first-order valence-corrected chi connectivity index (χ1v) is 13.2. The van der Waals surface area contributed by atoms with Crippen LogP contribution in [0.3, 0.4) is 0 Å². The second kappa shape index (κ2) is 9.26. The highest BCUT2D eigenvalue weighted by atomic mass is 15.1. The van der Waals surface area contributed by atoms with Gasteiger partial charge in [-0.3, -0.25) is 14.6 Å². The highest BCUT2D eigenvalue weighted by molar-refractivity contribution is 6.15. The molecular weight excluding hydrogens is 480 g/mol. The Labute approximate surface area is 225 Å². The molecule has 39 heavy (non-hydrogen) atoms. The molecule has 5 aromatic heterocycles. The molecule has 0 aliphatic heterocycles. The molecule has 0 fully saturated rings. The zero-order valence-electron chi connectivity index (χ0n) is 21.7. The van der Waals surface area contributed by atoms with Gasteiger partial charge in [0.25, 0.3) is 0 Å². The highest BCUT2D eigenvalue weighted by Crippen LogP contribution is 2.37. The van der Waals surface area contributed by atoms with E-state index in [1.165, 1.54) is 5.39 Å². The van der Waals surface area contributed by atoms with Gasteiger partial charge in [0.05, 0.1) is 22.2 Å². The average Bonchev–Trinajstić information content (AvgIpc) is 3.73. The summed E-state index contributed by atoms with van der Waals surface area (Å²) in [5.41, 5.74) is 10.1. The van der Waals surface area contributed by atoms with E-state index in [1.54, 1.807) is 6.20 Å². The van der Waals surface area contributed by atoms with Crippen LogP contribution in [0, 0.1) is 0 Å². The summed E-state index contributed by atoms with van der Waals surface area (Å²) in [5, 5.41) is 9.41. The third-order valence-electron chi connectivity index (χ3n) is 7.07. The van der Waals surface area contributed by atoms with E-state index in [1.807, 2.05) is 38.2 Å². The molecule has 3 aromatic carbocycles. The van der Waals surface area contributed by atoms with Crippen molar-refractivity contribution in [2.45, 2.75) is 13.8 Å². The van der Waals surface area contributed by atoms with Gasteiger partial charge in [0.2, 0.25) is 0 Å². The van der Waals surface area contributed by atoms with Crippen LogP contribution in [0.2, 0.25) is 0 Å². The predicted octanol–water partition coefficient (Wildman–Crippen LogP) is 8.09. The number of fused-ring (bicyclic) bond motifs is 6. The lowest BCUT2D eigenvalue weighted by atomic mass is 10.1. The summed E-state index contributed by atoms with van der Waals surface area (Å²) in [6, 6.07) is 35.8. The molecular formula is C33H26N6. The van der Waals surface area contributed by atoms with Crippen molar-refractivity contribution in [2.24, 2.45) is 0 Å². The van der Waals surface area contributed by atoms with Crippen molar-refractivity contribution in [1.82, 2.24) is 29.3 Å². The van der Waals surface area contributed by atoms with Crippen LogP contribution in [0.4, 0.5) is 0 Å². The number of aromatic nitrogens is 6. The fourth-order valence-corrected chi connectivity index (χ4v) is 5.43. The van der Waals surface area contributed by atoms with E-state index in [2.05, 4.69) is 104 Å². The predicted molar refractivity (Wildman–Crippen MR) is 160 cm³/mol. The minimum Gasteiger partial charge on any atom is -0.306 e. The Kier molecular flexibility index (Phi) is 5.44. The van der Waals surface area contributed by atoms with E-state index in [-0.39, 0.29) is 0 Å². The van der Waals surface area contributed by atoms with Gasteiger partial charge in [-0.25, -0.2) is 4.98 Å². The molecule has 8 aromatic rings. The molecule has 0 saturated carbocycles. The summed E-state index contributed by atoms with van der Waals surface area (Å²) in [5.74, 6) is 0. The summed E-state index contributed by atoms with van der Waals surface area (Å²) < 4.78 is 4.50. The van der Waals surface area contributed by atoms with Gasteiger partial charge in [-0.05, 0) is 60.2 Å². The molecule has 0 unspecified atom stereocenters. The third-order valence-corrected chi connectivity index (χ3v) is 7.07. The zero-order chi connectivity index (χ0) is 26.3. The molecule has 0 aliphatic rings. The Hall–Kier alpha value is -5.23. The third kappa shape index (κ3) is 3.53. The molecule has 0 atom stereocenters. The highest BCUT2D eigenvalue weighted by Gasteiger charge is 2.20. The lowest BCUT2D eigenvalue weighted by Gasteiger charge is -2.09. The number of hydrogen-bond donors (Lipinski definition) is 1. The number of hydrogen-bond acceptors (Lipinski definition) is 3. The number of rotatable bonds is 3. The Balaban J connectivity index is 0.00000124. The smallest absolute Gasteiger partial charge is 0.146 e. The monoisotopic (exact) mass is 506 g/mol. The summed E-state index contributed by atoms with van der Waals surface area (Å²) in [7, 11) is 0. The van der Waals surface area contributed by atoms with Gasteiger partial charge in [-0.2, -0.15) is 5.10 Å². The number of aromatic amines is 1. The molecule has 0 saturated heterocycles. The van der Waals surface area contributed by atoms with Crippen LogP contribution in [0.15, 0.2) is 116 Å². The van der Waals surface area contributed by atoms with Crippen molar-refractivity contribution < 1.29 is 0 Å². The van der Waals surface area contributed by atoms with E-state index in [4.69, 9.17) is 9.97 Å². The van der Waals surface area contributed by atoms with Crippen LogP contribution in [-0.2, 0) is 0 Å². The molecule has 0 radical (unpaired) electrons. The lowest BCUT2D eigenvalue weighted by Crippen LogP contribution is -1.96. The molecule has 5 heterocycles. The quantitative estimate of drug-likeness (QED) is 0.263. The van der Waals surface area contributed by atoms with Gasteiger partial charge in [-0.15, -0.1) is 0 Å². The van der Waals surface area contributed by atoms with Gasteiger partial charge in [0.15, 0.2) is 0 Å². The molecule has 8 rings (SSSR count). The Morgan fingerprint density at radius 2 is 1.33 bits per heavy atom. The number of H-pyrrole nitrogens is 1. The molecule has 0 aliphatic carbocycles. The van der Waals surface area contributed by atoms with Crippen molar-refractivity contribution >= 4 is 44.0 Å². The van der Waals surface area contributed by atoms with Crippen LogP contribution < -0.4 is 0 Å². The van der Waals surface area contributed by atoms with E-state index < -0.39 is 0 Å². The summed E-state index contributed by atoms with van der Waals surface area (Å²) in [6.07, 6.45) is 3.61. The van der Waals surface area contributed by atoms with Crippen molar-refractivity contribution in [3.8, 4) is 22.6 Å². The summed E-state index contributed by atoms with van der Waals surface area (Å²) >= 11 is 0. The SMILES string of the molecule is CC.c1ccc(-n2c3ccccc3c3cc4c(nc32)c2ncccc2n4-c2ccc(-c3ccn[nH]3)cc2)cc1. The Bertz CT molecular complexity index is 2070. The minimum absolute atomic E-state index is 0.890. The molecule has 0 bridgehead atoms. The first kappa shape index (κ1) is 22.9. The maximum atomic E-state index is 5.29. The Morgan fingerprint density at radius 1 is 0.590 bits per heavy atom. The van der Waals surface area contributed by atoms with E-state index >= 15 is 0 Å². The maximum absolute atomic E-state index is 5.29. The zero-order valence-corrected chi connectivity index (χ0v) is 21.7. The average molecular weight is 507 g/mol. The largest absolute Gasteiger partial charge is 0.306 e. The number of para-hydroxylation sites is 2. The number of benzene rings is 3. The molecule has 188 valence electrons. The fraction of sp³-hybridized carbons (Fsp3) is 0.0606. The van der Waals surface area contributed by atoms with Crippen LogP contribution in [-0.4, -0.2) is 29.3 Å². The molecule has 6 heteroatoms. The first-order valence-electron chi connectivity index (χ1n) is 13.2. The normalized spacial score (nSPS) is 11.3. The van der Waals surface area contributed by atoms with Crippen LogP contribution >= 0.6 is 0 Å². The van der Waals surface area contributed by atoms with Crippen molar-refractivity contribution in [1.29, 1.82) is 0 Å². The second-order valence-corrected chi connectivity index (χ2v) is 9.14. The standard InChI is InChI=1S/C31H20N6.C2H6/c1-2-7-21(8-3-1)37-26-10-5-4-9-23(26)24-19-28-30(34-31(24)37)29-27(11-6-17-32-29)36(28)22-14-12-20(13-15-22)25-16-18-33-35-25;1-2/h1-19H,(H,33,35);1-2H3. The van der Waals surface area contributed by atoms with Gasteiger partial charge in [-0.1, -0.05) is 62.4 Å². The number of nitrogens with zero attached hydrogens (tertiary/aromatic N) is 5. The molecule has 6 nitrogen and oxygen atoms in total. The first-order chi connectivity index (χ1) is 19.4. The van der Waals surface area contributed by atoms with Gasteiger partial charge in [0, 0.05) is 34.5 Å². The van der Waals surface area contributed by atoms with Crippen molar-refractivity contribution in [3.05, 3.63) is 116 Å². The number of nitrogens with one attached hydrogen (secondary N) is 1. The topological polar surface area (TPSA) is 64.3 Å². The van der Waals surface area contributed by atoms with E-state index in [0.717, 1.165) is 61.2 Å². The van der Waals surface area contributed by atoms with E-state index in [0.29, 0.717) is 0 Å².